The minimum atomic E-state index is -0.821. The van der Waals surface area contributed by atoms with E-state index in [4.69, 9.17) is 10.00 Å². The van der Waals surface area contributed by atoms with Crippen LogP contribution < -0.4 is 0 Å². The van der Waals surface area contributed by atoms with Crippen molar-refractivity contribution in [3.05, 3.63) is 35.9 Å². The quantitative estimate of drug-likeness (QED) is 0.791. The van der Waals surface area contributed by atoms with Gasteiger partial charge in [-0.15, -0.1) is 0 Å². The molecular formula is C14H13N3O2. The molecular weight excluding hydrogens is 242 g/mol. The van der Waals surface area contributed by atoms with Gasteiger partial charge in [0.2, 0.25) is 5.91 Å². The number of morpholine rings is 1. The molecule has 1 fully saturated rings. The average Bonchev–Trinajstić information content (AvgIpc) is 2.49. The molecule has 0 bridgehead atoms. The normalized spacial score (nSPS) is 20.1. The maximum Gasteiger partial charge on any atom is 0.244 e. The molecule has 0 spiro atoms. The van der Waals surface area contributed by atoms with Crippen molar-refractivity contribution < 1.29 is 9.53 Å². The number of ether oxygens (including phenoxy) is 1. The van der Waals surface area contributed by atoms with Crippen molar-refractivity contribution in [1.29, 1.82) is 10.5 Å². The number of nitriles is 2. The number of nitrogens with zero attached hydrogens (tertiary/aromatic N) is 3. The molecule has 0 aliphatic carbocycles. The van der Waals surface area contributed by atoms with E-state index in [1.165, 1.54) is 4.90 Å². The second kappa shape index (κ2) is 5.99. The van der Waals surface area contributed by atoms with Crippen LogP contribution in [0, 0.1) is 22.7 Å². The molecule has 2 rings (SSSR count). The van der Waals surface area contributed by atoms with Crippen LogP contribution in [0.2, 0.25) is 0 Å². The molecule has 1 amide bonds. The van der Waals surface area contributed by atoms with Crippen LogP contribution in [0.15, 0.2) is 30.3 Å². The third kappa shape index (κ3) is 2.90. The molecule has 2 atom stereocenters. The molecule has 5 nitrogen and oxygen atoms in total. The highest BCUT2D eigenvalue weighted by Gasteiger charge is 2.30. The van der Waals surface area contributed by atoms with Gasteiger partial charge in [-0.1, -0.05) is 30.3 Å². The second-order valence-electron chi connectivity index (χ2n) is 4.25. The van der Waals surface area contributed by atoms with Gasteiger partial charge < -0.3 is 9.64 Å². The zero-order chi connectivity index (χ0) is 13.7. The standard InChI is InChI=1S/C14H13N3O2/c15-8-12-10-17(6-7-19-12)14(18)13(9-16)11-4-2-1-3-5-11/h1-5,12-13H,6-7,10H2. The lowest BCUT2D eigenvalue weighted by Gasteiger charge is -2.31. The monoisotopic (exact) mass is 255 g/mol. The number of hydrogen-bond donors (Lipinski definition) is 0. The molecule has 0 saturated carbocycles. The molecule has 96 valence electrons. The zero-order valence-corrected chi connectivity index (χ0v) is 10.3. The Morgan fingerprint density at radius 1 is 1.37 bits per heavy atom. The molecule has 1 aliphatic rings. The third-order valence-corrected chi connectivity index (χ3v) is 3.03. The summed E-state index contributed by atoms with van der Waals surface area (Å²) in [7, 11) is 0. The van der Waals surface area contributed by atoms with Crippen LogP contribution in [0.1, 0.15) is 11.5 Å². The number of rotatable bonds is 2. The predicted octanol–water partition coefficient (Wildman–Crippen LogP) is 1.04. The number of amides is 1. The van der Waals surface area contributed by atoms with Crippen LogP contribution >= 0.6 is 0 Å². The summed E-state index contributed by atoms with van der Waals surface area (Å²) in [5.74, 6) is -1.09. The summed E-state index contributed by atoms with van der Waals surface area (Å²) in [6.07, 6.45) is -0.604. The van der Waals surface area contributed by atoms with E-state index in [1.807, 2.05) is 18.2 Å². The van der Waals surface area contributed by atoms with Crippen molar-refractivity contribution in [3.63, 3.8) is 0 Å². The van der Waals surface area contributed by atoms with E-state index in [9.17, 15) is 10.1 Å². The highest BCUT2D eigenvalue weighted by atomic mass is 16.5. The molecule has 1 aromatic rings. The molecule has 2 unspecified atom stereocenters. The number of carbonyl (C=O) groups is 1. The fraction of sp³-hybridized carbons (Fsp3) is 0.357. The first-order valence-electron chi connectivity index (χ1n) is 6.01. The molecule has 1 saturated heterocycles. The summed E-state index contributed by atoms with van der Waals surface area (Å²) in [5.41, 5.74) is 0.676. The van der Waals surface area contributed by atoms with Crippen molar-refractivity contribution in [1.82, 2.24) is 4.90 Å². The van der Waals surface area contributed by atoms with E-state index >= 15 is 0 Å². The lowest BCUT2D eigenvalue weighted by molar-refractivity contribution is -0.137. The maximum atomic E-state index is 12.3. The van der Waals surface area contributed by atoms with Gasteiger partial charge in [-0.2, -0.15) is 10.5 Å². The highest BCUT2D eigenvalue weighted by molar-refractivity contribution is 5.86. The summed E-state index contributed by atoms with van der Waals surface area (Å²) in [4.78, 5) is 13.9. The highest BCUT2D eigenvalue weighted by Crippen LogP contribution is 2.19. The predicted molar refractivity (Wildman–Crippen MR) is 66.7 cm³/mol. The van der Waals surface area contributed by atoms with Crippen LogP contribution in [-0.2, 0) is 9.53 Å². The second-order valence-corrected chi connectivity index (χ2v) is 4.25. The molecule has 0 radical (unpaired) electrons. The van der Waals surface area contributed by atoms with E-state index in [0.29, 0.717) is 18.7 Å². The van der Waals surface area contributed by atoms with Crippen molar-refractivity contribution in [3.8, 4) is 12.1 Å². The minimum absolute atomic E-state index is 0.223. The van der Waals surface area contributed by atoms with Crippen molar-refractivity contribution >= 4 is 5.91 Å². The molecule has 1 heterocycles. The summed E-state index contributed by atoms with van der Waals surface area (Å²) in [6, 6.07) is 13.0. The smallest absolute Gasteiger partial charge is 0.244 e. The van der Waals surface area contributed by atoms with Gasteiger partial charge in [-0.3, -0.25) is 4.79 Å². The van der Waals surface area contributed by atoms with Crippen molar-refractivity contribution in [2.24, 2.45) is 0 Å². The van der Waals surface area contributed by atoms with E-state index < -0.39 is 12.0 Å². The Morgan fingerprint density at radius 3 is 2.74 bits per heavy atom. The summed E-state index contributed by atoms with van der Waals surface area (Å²) in [6.45, 7) is 0.972. The average molecular weight is 255 g/mol. The van der Waals surface area contributed by atoms with E-state index in [1.54, 1.807) is 24.3 Å². The SMILES string of the molecule is N#CC1CN(C(=O)C(C#N)c2ccccc2)CCO1. The van der Waals surface area contributed by atoms with Crippen LogP contribution in [-0.4, -0.2) is 36.6 Å². The Kier molecular flexibility index (Phi) is 4.12. The maximum absolute atomic E-state index is 12.3. The lowest BCUT2D eigenvalue weighted by atomic mass is 9.99. The van der Waals surface area contributed by atoms with Gasteiger partial charge >= 0.3 is 0 Å². The van der Waals surface area contributed by atoms with Gasteiger partial charge in [0, 0.05) is 6.54 Å². The van der Waals surface area contributed by atoms with Gasteiger partial charge in [0.05, 0.1) is 25.3 Å². The Morgan fingerprint density at radius 2 is 2.11 bits per heavy atom. The number of carbonyl (C=O) groups excluding carboxylic acids is 1. The van der Waals surface area contributed by atoms with E-state index in [0.717, 1.165) is 0 Å². The van der Waals surface area contributed by atoms with Gasteiger partial charge in [-0.05, 0) is 5.56 Å². The summed E-state index contributed by atoms with van der Waals surface area (Å²) in [5, 5.41) is 18.0. The van der Waals surface area contributed by atoms with Gasteiger partial charge in [0.1, 0.15) is 5.92 Å². The van der Waals surface area contributed by atoms with E-state index in [2.05, 4.69) is 0 Å². The summed E-state index contributed by atoms with van der Waals surface area (Å²) < 4.78 is 5.19. The summed E-state index contributed by atoms with van der Waals surface area (Å²) >= 11 is 0. The van der Waals surface area contributed by atoms with Crippen molar-refractivity contribution in [2.75, 3.05) is 19.7 Å². The minimum Gasteiger partial charge on any atom is -0.360 e. The van der Waals surface area contributed by atoms with Crippen molar-refractivity contribution in [2.45, 2.75) is 12.0 Å². The van der Waals surface area contributed by atoms with Crippen LogP contribution in [0.5, 0.6) is 0 Å². The van der Waals surface area contributed by atoms with Gasteiger partial charge in [0.15, 0.2) is 6.10 Å². The molecule has 0 aromatic heterocycles. The first-order chi connectivity index (χ1) is 9.26. The Balaban J connectivity index is 2.14. The third-order valence-electron chi connectivity index (χ3n) is 3.03. The van der Waals surface area contributed by atoms with Crippen LogP contribution in [0.25, 0.3) is 0 Å². The Hall–Kier alpha value is -2.37. The zero-order valence-electron chi connectivity index (χ0n) is 10.3. The number of hydrogen-bond acceptors (Lipinski definition) is 4. The first-order valence-corrected chi connectivity index (χ1v) is 6.01. The fourth-order valence-corrected chi connectivity index (χ4v) is 2.03. The fourth-order valence-electron chi connectivity index (χ4n) is 2.03. The van der Waals surface area contributed by atoms with E-state index in [-0.39, 0.29) is 12.5 Å². The lowest BCUT2D eigenvalue weighted by Crippen LogP contribution is -2.46. The number of benzene rings is 1. The molecule has 19 heavy (non-hydrogen) atoms. The van der Waals surface area contributed by atoms with Crippen LogP contribution in [0.3, 0.4) is 0 Å². The Bertz CT molecular complexity index is 530. The molecule has 1 aromatic carbocycles. The van der Waals surface area contributed by atoms with Crippen LogP contribution in [0.4, 0.5) is 0 Å². The largest absolute Gasteiger partial charge is 0.360 e. The Labute approximate surface area is 111 Å². The molecule has 0 N–H and O–H groups in total. The first kappa shape index (κ1) is 13.1. The molecule has 1 aliphatic heterocycles. The van der Waals surface area contributed by atoms with Gasteiger partial charge in [-0.25, -0.2) is 0 Å². The topological polar surface area (TPSA) is 77.1 Å². The van der Waals surface area contributed by atoms with Gasteiger partial charge in [0.25, 0.3) is 0 Å². The molecule has 5 heteroatoms.